The van der Waals surface area contributed by atoms with Crippen LogP contribution in [0.4, 0.5) is 0 Å². The van der Waals surface area contributed by atoms with E-state index in [2.05, 4.69) is 62.9 Å². The predicted molar refractivity (Wildman–Crippen MR) is 75.0 cm³/mol. The molecule has 0 aliphatic carbocycles. The smallest absolute Gasteiger partial charge is 0.0499 e. The first-order valence-electron chi connectivity index (χ1n) is 6.64. The minimum atomic E-state index is 0.145. The zero-order chi connectivity index (χ0) is 12.8. The summed E-state index contributed by atoms with van der Waals surface area (Å²) in [6.45, 7) is 9.90. The Morgan fingerprint density at radius 3 is 2.12 bits per heavy atom. The third kappa shape index (κ3) is 3.83. The molecular formula is C15H26N2. The molecule has 1 rings (SSSR count). The van der Waals surface area contributed by atoms with Crippen molar-refractivity contribution in [3.05, 3.63) is 35.9 Å². The summed E-state index contributed by atoms with van der Waals surface area (Å²) in [6.07, 6.45) is 1.16. The topological polar surface area (TPSA) is 29.3 Å². The Morgan fingerprint density at radius 1 is 1.12 bits per heavy atom. The molecule has 0 aliphatic rings. The maximum atomic E-state index is 6.20. The van der Waals surface area contributed by atoms with E-state index in [1.54, 1.807) is 0 Å². The summed E-state index contributed by atoms with van der Waals surface area (Å²) in [4.78, 5) is 2.50. The maximum Gasteiger partial charge on any atom is 0.0499 e. The second kappa shape index (κ2) is 6.77. The zero-order valence-corrected chi connectivity index (χ0v) is 11.6. The molecular weight excluding hydrogens is 208 g/mol. The molecule has 0 aromatic heterocycles. The van der Waals surface area contributed by atoms with Gasteiger partial charge in [-0.15, -0.1) is 0 Å². The Labute approximate surface area is 106 Å². The van der Waals surface area contributed by atoms with Crippen molar-refractivity contribution in [3.8, 4) is 0 Å². The predicted octanol–water partition coefficient (Wildman–Crippen LogP) is 3.20. The van der Waals surface area contributed by atoms with E-state index in [1.165, 1.54) is 5.56 Å². The molecule has 2 unspecified atom stereocenters. The number of hydrogen-bond acceptors (Lipinski definition) is 2. The maximum absolute atomic E-state index is 6.20. The first-order valence-corrected chi connectivity index (χ1v) is 6.64. The van der Waals surface area contributed by atoms with Crippen LogP contribution in [0.5, 0.6) is 0 Å². The van der Waals surface area contributed by atoms with Gasteiger partial charge in [-0.3, -0.25) is 4.90 Å². The van der Waals surface area contributed by atoms with Crippen LogP contribution in [0.1, 0.15) is 45.7 Å². The van der Waals surface area contributed by atoms with Gasteiger partial charge in [-0.2, -0.15) is 0 Å². The standard InChI is InChI=1S/C15H26N2/c1-5-11-17(12(2)3)15(13(4)16)14-9-7-6-8-10-14/h6-10,12-13,15H,5,11,16H2,1-4H3. The van der Waals surface area contributed by atoms with Crippen molar-refractivity contribution in [2.75, 3.05) is 6.54 Å². The monoisotopic (exact) mass is 234 g/mol. The van der Waals surface area contributed by atoms with E-state index >= 15 is 0 Å². The van der Waals surface area contributed by atoms with Crippen LogP contribution in [-0.2, 0) is 0 Å². The molecule has 0 spiro atoms. The van der Waals surface area contributed by atoms with Crippen LogP contribution in [0.25, 0.3) is 0 Å². The average Bonchev–Trinajstić information content (AvgIpc) is 2.29. The number of benzene rings is 1. The molecule has 0 fully saturated rings. The second-order valence-electron chi connectivity index (χ2n) is 5.05. The van der Waals surface area contributed by atoms with Crippen LogP contribution in [0.2, 0.25) is 0 Å². The fourth-order valence-corrected chi connectivity index (χ4v) is 2.42. The molecule has 0 bridgehead atoms. The Hall–Kier alpha value is -0.860. The Morgan fingerprint density at radius 2 is 1.71 bits per heavy atom. The van der Waals surface area contributed by atoms with Crippen molar-refractivity contribution in [1.82, 2.24) is 4.90 Å². The van der Waals surface area contributed by atoms with Crippen LogP contribution in [0.15, 0.2) is 30.3 Å². The van der Waals surface area contributed by atoms with Crippen LogP contribution >= 0.6 is 0 Å². The zero-order valence-electron chi connectivity index (χ0n) is 11.6. The summed E-state index contributed by atoms with van der Waals surface area (Å²) in [5, 5.41) is 0. The molecule has 0 aliphatic heterocycles. The quantitative estimate of drug-likeness (QED) is 0.819. The van der Waals surface area contributed by atoms with E-state index < -0.39 is 0 Å². The van der Waals surface area contributed by atoms with Gasteiger partial charge in [0.2, 0.25) is 0 Å². The molecule has 1 aromatic carbocycles. The van der Waals surface area contributed by atoms with Crippen LogP contribution < -0.4 is 5.73 Å². The summed E-state index contributed by atoms with van der Waals surface area (Å²) in [6, 6.07) is 11.6. The molecule has 1 aromatic rings. The summed E-state index contributed by atoms with van der Waals surface area (Å²) in [5.41, 5.74) is 7.52. The van der Waals surface area contributed by atoms with Gasteiger partial charge in [0.05, 0.1) is 0 Å². The Kier molecular flexibility index (Phi) is 5.66. The van der Waals surface area contributed by atoms with E-state index in [1.807, 2.05) is 0 Å². The summed E-state index contributed by atoms with van der Waals surface area (Å²) in [7, 11) is 0. The fraction of sp³-hybridized carbons (Fsp3) is 0.600. The third-order valence-corrected chi connectivity index (χ3v) is 3.14. The normalized spacial score (nSPS) is 15.2. The number of rotatable bonds is 6. The summed E-state index contributed by atoms with van der Waals surface area (Å²) < 4.78 is 0. The SMILES string of the molecule is CCCN(C(C)C)C(c1ccccc1)C(C)N. The molecule has 96 valence electrons. The molecule has 0 radical (unpaired) electrons. The van der Waals surface area contributed by atoms with Gasteiger partial charge in [0.15, 0.2) is 0 Å². The van der Waals surface area contributed by atoms with Gasteiger partial charge in [-0.05, 0) is 39.3 Å². The van der Waals surface area contributed by atoms with Crippen molar-refractivity contribution in [2.24, 2.45) is 5.73 Å². The summed E-state index contributed by atoms with van der Waals surface area (Å²) >= 11 is 0. The van der Waals surface area contributed by atoms with Gasteiger partial charge in [-0.1, -0.05) is 37.3 Å². The first-order chi connectivity index (χ1) is 8.07. The van der Waals surface area contributed by atoms with Crippen molar-refractivity contribution >= 4 is 0 Å². The highest BCUT2D eigenvalue weighted by Gasteiger charge is 2.25. The largest absolute Gasteiger partial charge is 0.326 e. The van der Waals surface area contributed by atoms with Crippen molar-refractivity contribution in [2.45, 2.75) is 52.2 Å². The molecule has 2 heteroatoms. The van der Waals surface area contributed by atoms with E-state index in [0.29, 0.717) is 12.1 Å². The van der Waals surface area contributed by atoms with Crippen molar-refractivity contribution in [1.29, 1.82) is 0 Å². The summed E-state index contributed by atoms with van der Waals surface area (Å²) in [5.74, 6) is 0. The van der Waals surface area contributed by atoms with E-state index in [9.17, 15) is 0 Å². The lowest BCUT2D eigenvalue weighted by Crippen LogP contribution is -2.43. The lowest BCUT2D eigenvalue weighted by atomic mass is 9.97. The van der Waals surface area contributed by atoms with Gasteiger partial charge < -0.3 is 5.73 Å². The Balaban J connectivity index is 2.98. The van der Waals surface area contributed by atoms with Crippen LogP contribution in [0, 0.1) is 0 Å². The molecule has 2 atom stereocenters. The van der Waals surface area contributed by atoms with E-state index in [4.69, 9.17) is 5.73 Å². The Bertz CT molecular complexity index is 306. The minimum absolute atomic E-state index is 0.145. The highest BCUT2D eigenvalue weighted by atomic mass is 15.2. The van der Waals surface area contributed by atoms with Crippen molar-refractivity contribution in [3.63, 3.8) is 0 Å². The van der Waals surface area contributed by atoms with Gasteiger partial charge in [0.1, 0.15) is 0 Å². The van der Waals surface area contributed by atoms with Crippen LogP contribution in [0.3, 0.4) is 0 Å². The average molecular weight is 234 g/mol. The molecule has 0 heterocycles. The van der Waals surface area contributed by atoms with E-state index in [-0.39, 0.29) is 6.04 Å². The lowest BCUT2D eigenvalue weighted by molar-refractivity contribution is 0.136. The number of hydrogen-bond donors (Lipinski definition) is 1. The van der Waals surface area contributed by atoms with Gasteiger partial charge >= 0.3 is 0 Å². The fourth-order valence-electron chi connectivity index (χ4n) is 2.42. The van der Waals surface area contributed by atoms with Gasteiger partial charge in [0, 0.05) is 18.1 Å². The minimum Gasteiger partial charge on any atom is -0.326 e. The van der Waals surface area contributed by atoms with Gasteiger partial charge in [-0.25, -0.2) is 0 Å². The molecule has 0 amide bonds. The highest BCUT2D eigenvalue weighted by Crippen LogP contribution is 2.25. The molecule has 0 saturated heterocycles. The second-order valence-corrected chi connectivity index (χ2v) is 5.05. The number of nitrogens with zero attached hydrogens (tertiary/aromatic N) is 1. The van der Waals surface area contributed by atoms with Gasteiger partial charge in [0.25, 0.3) is 0 Å². The molecule has 17 heavy (non-hydrogen) atoms. The number of nitrogens with two attached hydrogens (primary N) is 1. The third-order valence-electron chi connectivity index (χ3n) is 3.14. The van der Waals surface area contributed by atoms with Crippen LogP contribution in [-0.4, -0.2) is 23.5 Å². The lowest BCUT2D eigenvalue weighted by Gasteiger charge is -2.37. The highest BCUT2D eigenvalue weighted by molar-refractivity contribution is 5.20. The molecule has 2 nitrogen and oxygen atoms in total. The van der Waals surface area contributed by atoms with E-state index in [0.717, 1.165) is 13.0 Å². The molecule has 2 N–H and O–H groups in total. The van der Waals surface area contributed by atoms with Crippen molar-refractivity contribution < 1.29 is 0 Å². The first kappa shape index (κ1) is 14.2. The molecule has 0 saturated carbocycles.